The van der Waals surface area contributed by atoms with E-state index in [9.17, 15) is 14.7 Å². The van der Waals surface area contributed by atoms with Crippen LogP contribution in [-0.4, -0.2) is 52.4 Å². The maximum Gasteiger partial charge on any atom is 0.230 e. The van der Waals surface area contributed by atoms with Crippen molar-refractivity contribution < 1.29 is 14.7 Å². The summed E-state index contributed by atoms with van der Waals surface area (Å²) in [6, 6.07) is 5.83. The number of hydrogen-bond donors (Lipinski definition) is 1. The highest BCUT2D eigenvalue weighted by Gasteiger charge is 2.36. The fourth-order valence-corrected chi connectivity index (χ4v) is 4.74. The smallest absolute Gasteiger partial charge is 0.230 e. The number of carbonyl (C=O) groups excluding carboxylic acids is 2. The third-order valence-corrected chi connectivity index (χ3v) is 6.10. The van der Waals surface area contributed by atoms with Gasteiger partial charge in [-0.25, -0.2) is 0 Å². The first-order valence-corrected chi connectivity index (χ1v) is 9.54. The molecule has 2 aliphatic heterocycles. The number of phenolic OH excluding ortho intramolecular Hbond substituents is 1. The van der Waals surface area contributed by atoms with Crippen molar-refractivity contribution in [3.05, 3.63) is 29.3 Å². The molecule has 0 saturated carbocycles. The van der Waals surface area contributed by atoms with Gasteiger partial charge in [0.2, 0.25) is 11.8 Å². The molecule has 1 unspecified atom stereocenters. The second kappa shape index (κ2) is 6.70. The van der Waals surface area contributed by atoms with Crippen LogP contribution in [0.4, 0.5) is 0 Å². The van der Waals surface area contributed by atoms with Gasteiger partial charge in [0, 0.05) is 37.7 Å². The SMILES string of the molecule is O=C(C1CCc2cccc(O)c21)N1CCC(N2CCCCC2=O)CC1. The molecule has 1 aromatic carbocycles. The number of phenols is 1. The predicted octanol–water partition coefficient (Wildman–Crippen LogP) is 2.43. The minimum Gasteiger partial charge on any atom is -0.508 e. The van der Waals surface area contributed by atoms with Crippen LogP contribution in [0.3, 0.4) is 0 Å². The van der Waals surface area contributed by atoms with Gasteiger partial charge in [-0.2, -0.15) is 0 Å². The molecule has 5 nitrogen and oxygen atoms in total. The van der Waals surface area contributed by atoms with Crippen molar-refractivity contribution in [3.63, 3.8) is 0 Å². The molecule has 1 atom stereocenters. The summed E-state index contributed by atoms with van der Waals surface area (Å²) in [4.78, 5) is 29.1. The predicted molar refractivity (Wildman–Crippen MR) is 94.3 cm³/mol. The zero-order valence-corrected chi connectivity index (χ0v) is 14.6. The lowest BCUT2D eigenvalue weighted by atomic mass is 9.95. The van der Waals surface area contributed by atoms with Gasteiger partial charge in [-0.1, -0.05) is 12.1 Å². The number of likely N-dealkylation sites (tertiary alicyclic amines) is 2. The molecule has 3 aliphatic rings. The van der Waals surface area contributed by atoms with E-state index in [2.05, 4.69) is 0 Å². The highest BCUT2D eigenvalue weighted by molar-refractivity contribution is 5.86. The number of fused-ring (bicyclic) bond motifs is 1. The Morgan fingerprint density at radius 2 is 1.84 bits per heavy atom. The molecule has 5 heteroatoms. The van der Waals surface area contributed by atoms with E-state index >= 15 is 0 Å². The van der Waals surface area contributed by atoms with E-state index in [0.29, 0.717) is 25.6 Å². The van der Waals surface area contributed by atoms with Crippen molar-refractivity contribution >= 4 is 11.8 Å². The highest BCUT2D eigenvalue weighted by Crippen LogP contribution is 2.40. The lowest BCUT2D eigenvalue weighted by Crippen LogP contribution is -2.50. The van der Waals surface area contributed by atoms with Crippen LogP contribution in [0.25, 0.3) is 0 Å². The first-order chi connectivity index (χ1) is 12.1. The molecule has 2 saturated heterocycles. The molecule has 4 rings (SSSR count). The lowest BCUT2D eigenvalue weighted by molar-refractivity contribution is -0.139. The van der Waals surface area contributed by atoms with Gasteiger partial charge in [-0.3, -0.25) is 9.59 Å². The molecule has 1 aliphatic carbocycles. The summed E-state index contributed by atoms with van der Waals surface area (Å²) in [6.07, 6.45) is 6.18. The largest absolute Gasteiger partial charge is 0.508 e. The molecule has 0 bridgehead atoms. The van der Waals surface area contributed by atoms with Crippen LogP contribution in [0, 0.1) is 0 Å². The molecule has 25 heavy (non-hydrogen) atoms. The van der Waals surface area contributed by atoms with Gasteiger partial charge in [0.1, 0.15) is 5.75 Å². The summed E-state index contributed by atoms with van der Waals surface area (Å²) >= 11 is 0. The first-order valence-electron chi connectivity index (χ1n) is 9.54. The lowest BCUT2D eigenvalue weighted by Gasteiger charge is -2.40. The van der Waals surface area contributed by atoms with Crippen LogP contribution in [0.5, 0.6) is 5.75 Å². The fourth-order valence-electron chi connectivity index (χ4n) is 4.74. The van der Waals surface area contributed by atoms with E-state index in [-0.39, 0.29) is 23.5 Å². The van der Waals surface area contributed by atoms with E-state index in [1.807, 2.05) is 21.9 Å². The summed E-state index contributed by atoms with van der Waals surface area (Å²) in [5.41, 5.74) is 1.94. The van der Waals surface area contributed by atoms with Crippen molar-refractivity contribution in [3.8, 4) is 5.75 Å². The topological polar surface area (TPSA) is 60.9 Å². The fraction of sp³-hybridized carbons (Fsp3) is 0.600. The van der Waals surface area contributed by atoms with Gasteiger partial charge in [0.05, 0.1) is 5.92 Å². The summed E-state index contributed by atoms with van der Waals surface area (Å²) in [7, 11) is 0. The van der Waals surface area contributed by atoms with Crippen molar-refractivity contribution in [2.75, 3.05) is 19.6 Å². The number of hydrogen-bond acceptors (Lipinski definition) is 3. The molecule has 0 aromatic heterocycles. The number of nitrogens with zero attached hydrogens (tertiary/aromatic N) is 2. The minimum atomic E-state index is -0.204. The second-order valence-corrected chi connectivity index (χ2v) is 7.54. The Hall–Kier alpha value is -2.04. The monoisotopic (exact) mass is 342 g/mol. The van der Waals surface area contributed by atoms with Gasteiger partial charge in [-0.05, 0) is 50.2 Å². The average Bonchev–Trinajstić information content (AvgIpc) is 3.07. The van der Waals surface area contributed by atoms with E-state index in [1.54, 1.807) is 6.07 Å². The van der Waals surface area contributed by atoms with Crippen LogP contribution in [0.1, 0.15) is 55.6 Å². The number of carbonyl (C=O) groups is 2. The van der Waals surface area contributed by atoms with Gasteiger partial charge in [0.15, 0.2) is 0 Å². The van der Waals surface area contributed by atoms with Gasteiger partial charge >= 0.3 is 0 Å². The number of aryl methyl sites for hydroxylation is 1. The van der Waals surface area contributed by atoms with Crippen molar-refractivity contribution in [2.45, 2.75) is 56.9 Å². The van der Waals surface area contributed by atoms with Crippen molar-refractivity contribution in [1.29, 1.82) is 0 Å². The third kappa shape index (κ3) is 3.00. The summed E-state index contributed by atoms with van der Waals surface area (Å²) in [6.45, 7) is 2.31. The molecule has 2 heterocycles. The second-order valence-electron chi connectivity index (χ2n) is 7.54. The van der Waals surface area contributed by atoms with Crippen LogP contribution in [0.2, 0.25) is 0 Å². The first kappa shape index (κ1) is 16.4. The third-order valence-electron chi connectivity index (χ3n) is 6.10. The molecule has 2 fully saturated rings. The van der Waals surface area contributed by atoms with Gasteiger partial charge in [-0.15, -0.1) is 0 Å². The molecular formula is C20H26N2O3. The van der Waals surface area contributed by atoms with Gasteiger partial charge in [0.25, 0.3) is 0 Å². The summed E-state index contributed by atoms with van der Waals surface area (Å²) in [5, 5.41) is 10.2. The molecule has 134 valence electrons. The normalized spacial score (nSPS) is 24.5. The highest BCUT2D eigenvalue weighted by atomic mass is 16.3. The maximum absolute atomic E-state index is 13.0. The maximum atomic E-state index is 13.0. The molecular weight excluding hydrogens is 316 g/mol. The Bertz CT molecular complexity index is 680. The molecule has 1 N–H and O–H groups in total. The number of piperidine rings is 2. The molecule has 0 radical (unpaired) electrons. The van der Waals surface area contributed by atoms with Crippen molar-refractivity contribution in [2.24, 2.45) is 0 Å². The Kier molecular flexibility index (Phi) is 4.40. The van der Waals surface area contributed by atoms with E-state index in [4.69, 9.17) is 0 Å². The van der Waals surface area contributed by atoms with Crippen LogP contribution >= 0.6 is 0 Å². The standard InChI is InChI=1S/C20H26N2O3/c23-17-5-3-4-14-7-8-16(19(14)17)20(25)21-12-9-15(10-13-21)22-11-2-1-6-18(22)24/h3-5,15-16,23H,1-2,6-13H2. The van der Waals surface area contributed by atoms with Crippen LogP contribution in [-0.2, 0) is 16.0 Å². The minimum absolute atomic E-state index is 0.142. The molecule has 2 amide bonds. The molecule has 0 spiro atoms. The van der Waals surface area contributed by atoms with Gasteiger partial charge < -0.3 is 14.9 Å². The van der Waals surface area contributed by atoms with Crippen molar-refractivity contribution in [1.82, 2.24) is 9.80 Å². The van der Waals surface area contributed by atoms with E-state index < -0.39 is 0 Å². The quantitative estimate of drug-likeness (QED) is 0.898. The Morgan fingerprint density at radius 3 is 2.60 bits per heavy atom. The van der Waals surface area contributed by atoms with E-state index in [1.165, 1.54) is 0 Å². The average molecular weight is 342 g/mol. The summed E-state index contributed by atoms with van der Waals surface area (Å²) < 4.78 is 0. The van der Waals surface area contributed by atoms with Crippen LogP contribution in [0.15, 0.2) is 18.2 Å². The Balaban J connectivity index is 1.40. The Labute approximate surface area is 148 Å². The zero-order chi connectivity index (χ0) is 17.4. The Morgan fingerprint density at radius 1 is 1.04 bits per heavy atom. The zero-order valence-electron chi connectivity index (χ0n) is 14.6. The number of aromatic hydroxyl groups is 1. The number of benzene rings is 1. The number of amides is 2. The number of rotatable bonds is 2. The molecule has 1 aromatic rings. The van der Waals surface area contributed by atoms with Crippen LogP contribution < -0.4 is 0 Å². The summed E-state index contributed by atoms with van der Waals surface area (Å²) in [5.74, 6) is 0.473. The van der Waals surface area contributed by atoms with E-state index in [0.717, 1.165) is 56.2 Å².